The zero-order valence-corrected chi connectivity index (χ0v) is 24.7. The highest BCUT2D eigenvalue weighted by Gasteiger charge is 2.25. The molecule has 7 nitrogen and oxygen atoms in total. The standard InChI is InChI=1S/C35H34N2O5S/c1-25(38)43-24-30(20-26-12-5-2-6-13-26)34(40)36-31-19-11-18-29(22-31)33(39)37-32(21-27-14-7-3-8-15-27)35(41)42-23-28-16-9-4-10-17-28/h2-19,22,30,32H,20-21,23-24H2,1H3,(H,36,40)(H,37,39)/t30?,32-/m0/s1. The number of rotatable bonds is 13. The smallest absolute Gasteiger partial charge is 0.329 e. The van der Waals surface area contributed by atoms with Crippen molar-refractivity contribution in [2.45, 2.75) is 32.4 Å². The molecule has 0 fully saturated rings. The number of carbonyl (C=O) groups is 4. The van der Waals surface area contributed by atoms with E-state index in [1.54, 1.807) is 24.3 Å². The number of amides is 2. The molecule has 4 aromatic carbocycles. The van der Waals surface area contributed by atoms with E-state index in [2.05, 4.69) is 10.6 Å². The van der Waals surface area contributed by atoms with E-state index in [0.717, 1.165) is 28.5 Å². The molecule has 8 heteroatoms. The molecule has 43 heavy (non-hydrogen) atoms. The SMILES string of the molecule is CC(=O)SCC(Cc1ccccc1)C(=O)Nc1cccc(C(=O)N[C@@H](Cc2ccccc2)C(=O)OCc2ccccc2)c1. The third-order valence-electron chi connectivity index (χ3n) is 6.67. The van der Waals surface area contributed by atoms with Gasteiger partial charge in [-0.1, -0.05) is 109 Å². The molecule has 220 valence electrons. The second-order valence-electron chi connectivity index (χ2n) is 10.1. The first-order valence-corrected chi connectivity index (χ1v) is 15.0. The molecule has 0 aromatic heterocycles. The maximum atomic E-state index is 13.3. The average Bonchev–Trinajstić information content (AvgIpc) is 3.03. The Labute approximate surface area is 256 Å². The summed E-state index contributed by atoms with van der Waals surface area (Å²) >= 11 is 1.11. The molecule has 0 heterocycles. The number of esters is 1. The van der Waals surface area contributed by atoms with Gasteiger partial charge in [0.1, 0.15) is 12.6 Å². The fourth-order valence-corrected chi connectivity index (χ4v) is 5.15. The average molecular weight is 595 g/mol. The molecule has 0 radical (unpaired) electrons. The Hall–Kier alpha value is -4.69. The lowest BCUT2D eigenvalue weighted by molar-refractivity contribution is -0.147. The monoisotopic (exact) mass is 594 g/mol. The van der Waals surface area contributed by atoms with Crippen LogP contribution in [0.25, 0.3) is 0 Å². The number of thioether (sulfide) groups is 1. The summed E-state index contributed by atoms with van der Waals surface area (Å²) in [5.41, 5.74) is 3.43. The molecule has 0 aliphatic heterocycles. The summed E-state index contributed by atoms with van der Waals surface area (Å²) < 4.78 is 5.55. The molecule has 2 atom stereocenters. The minimum atomic E-state index is -0.921. The van der Waals surface area contributed by atoms with E-state index in [0.29, 0.717) is 17.9 Å². The zero-order valence-electron chi connectivity index (χ0n) is 23.9. The van der Waals surface area contributed by atoms with Crippen LogP contribution in [0.5, 0.6) is 0 Å². The van der Waals surface area contributed by atoms with Gasteiger partial charge >= 0.3 is 5.97 Å². The van der Waals surface area contributed by atoms with Crippen molar-refractivity contribution in [3.8, 4) is 0 Å². The van der Waals surface area contributed by atoms with Crippen molar-refractivity contribution in [3.63, 3.8) is 0 Å². The lowest BCUT2D eigenvalue weighted by Gasteiger charge is -2.19. The van der Waals surface area contributed by atoms with Crippen LogP contribution in [0.3, 0.4) is 0 Å². The first-order chi connectivity index (χ1) is 20.9. The Morgan fingerprint density at radius 1 is 0.721 bits per heavy atom. The Bertz CT molecular complexity index is 1510. The van der Waals surface area contributed by atoms with Gasteiger partial charge in [-0.25, -0.2) is 4.79 Å². The van der Waals surface area contributed by atoms with E-state index in [9.17, 15) is 19.2 Å². The van der Waals surface area contributed by atoms with Crippen molar-refractivity contribution in [1.29, 1.82) is 0 Å². The quantitative estimate of drug-likeness (QED) is 0.188. The second kappa shape index (κ2) is 16.1. The summed E-state index contributed by atoms with van der Waals surface area (Å²) in [4.78, 5) is 51.3. The van der Waals surface area contributed by atoms with Crippen molar-refractivity contribution < 1.29 is 23.9 Å². The fourth-order valence-electron chi connectivity index (χ4n) is 4.44. The molecule has 0 saturated heterocycles. The molecule has 4 rings (SSSR count). The number of ether oxygens (including phenoxy) is 1. The molecule has 1 unspecified atom stereocenters. The van der Waals surface area contributed by atoms with Gasteiger partial charge in [0.2, 0.25) is 5.91 Å². The number of benzene rings is 4. The zero-order chi connectivity index (χ0) is 30.4. The molecule has 0 spiro atoms. The van der Waals surface area contributed by atoms with Crippen LogP contribution in [0.1, 0.15) is 34.0 Å². The molecule has 0 aliphatic rings. The normalized spacial score (nSPS) is 12.0. The van der Waals surface area contributed by atoms with Crippen LogP contribution in [0.15, 0.2) is 115 Å². The number of hydrogen-bond donors (Lipinski definition) is 2. The summed E-state index contributed by atoms with van der Waals surface area (Å²) in [7, 11) is 0. The van der Waals surface area contributed by atoms with Crippen molar-refractivity contribution in [2.75, 3.05) is 11.1 Å². The molecule has 2 amide bonds. The van der Waals surface area contributed by atoms with Gasteiger partial charge in [0, 0.05) is 30.3 Å². The third kappa shape index (κ3) is 10.3. The van der Waals surface area contributed by atoms with Crippen molar-refractivity contribution >= 4 is 40.3 Å². The minimum absolute atomic E-state index is 0.0584. The van der Waals surface area contributed by atoms with Gasteiger partial charge in [-0.05, 0) is 41.3 Å². The highest BCUT2D eigenvalue weighted by atomic mass is 32.2. The Morgan fingerprint density at radius 3 is 1.91 bits per heavy atom. The summed E-state index contributed by atoms with van der Waals surface area (Å²) in [5.74, 6) is -1.38. The van der Waals surface area contributed by atoms with Crippen LogP contribution in [-0.2, 0) is 38.6 Å². The molecular formula is C35H34N2O5S. The Balaban J connectivity index is 1.45. The van der Waals surface area contributed by atoms with Gasteiger partial charge in [0.15, 0.2) is 5.12 Å². The topological polar surface area (TPSA) is 102 Å². The van der Waals surface area contributed by atoms with Crippen molar-refractivity contribution in [1.82, 2.24) is 5.32 Å². The Kier molecular flexibility index (Phi) is 11.7. The third-order valence-corrected chi connectivity index (χ3v) is 7.65. The van der Waals surface area contributed by atoms with Crippen LogP contribution in [0.4, 0.5) is 5.69 Å². The lowest BCUT2D eigenvalue weighted by atomic mass is 10.00. The van der Waals surface area contributed by atoms with Crippen LogP contribution in [0, 0.1) is 5.92 Å². The number of anilines is 1. The van der Waals surface area contributed by atoms with Crippen LogP contribution < -0.4 is 10.6 Å². The van der Waals surface area contributed by atoms with E-state index in [1.807, 2.05) is 91.0 Å². The van der Waals surface area contributed by atoms with E-state index >= 15 is 0 Å². The van der Waals surface area contributed by atoms with Crippen molar-refractivity contribution in [2.24, 2.45) is 5.92 Å². The van der Waals surface area contributed by atoms with Gasteiger partial charge in [-0.15, -0.1) is 0 Å². The summed E-state index contributed by atoms with van der Waals surface area (Å²) in [5, 5.41) is 5.66. The summed E-state index contributed by atoms with van der Waals surface area (Å²) in [6.07, 6.45) is 0.727. The van der Waals surface area contributed by atoms with Crippen LogP contribution in [0.2, 0.25) is 0 Å². The Morgan fingerprint density at radius 2 is 1.30 bits per heavy atom. The molecule has 4 aromatic rings. The second-order valence-corrected chi connectivity index (χ2v) is 11.3. The van der Waals surface area contributed by atoms with Crippen molar-refractivity contribution in [3.05, 3.63) is 138 Å². The van der Waals surface area contributed by atoms with E-state index in [-0.39, 0.29) is 29.6 Å². The van der Waals surface area contributed by atoms with Gasteiger partial charge in [-0.2, -0.15) is 0 Å². The maximum absolute atomic E-state index is 13.3. The number of carbonyl (C=O) groups excluding carboxylic acids is 4. The number of hydrogen-bond acceptors (Lipinski definition) is 6. The fraction of sp³-hybridized carbons (Fsp3) is 0.200. The van der Waals surface area contributed by atoms with E-state index < -0.39 is 23.8 Å². The maximum Gasteiger partial charge on any atom is 0.329 e. The molecule has 0 saturated carbocycles. The van der Waals surface area contributed by atoms with Crippen LogP contribution in [-0.4, -0.2) is 34.7 Å². The van der Waals surface area contributed by atoms with Gasteiger partial charge in [-0.3, -0.25) is 14.4 Å². The van der Waals surface area contributed by atoms with E-state index in [4.69, 9.17) is 4.74 Å². The lowest BCUT2D eigenvalue weighted by Crippen LogP contribution is -2.43. The highest BCUT2D eigenvalue weighted by Crippen LogP contribution is 2.19. The molecule has 2 N–H and O–H groups in total. The first kappa shape index (κ1) is 31.3. The molecule has 0 aliphatic carbocycles. The number of nitrogens with one attached hydrogen (secondary N) is 2. The van der Waals surface area contributed by atoms with Gasteiger partial charge in [0.25, 0.3) is 5.91 Å². The molecule has 0 bridgehead atoms. The van der Waals surface area contributed by atoms with E-state index in [1.165, 1.54) is 6.92 Å². The largest absolute Gasteiger partial charge is 0.459 e. The predicted molar refractivity (Wildman–Crippen MR) is 169 cm³/mol. The molecular weight excluding hydrogens is 560 g/mol. The summed E-state index contributed by atoms with van der Waals surface area (Å²) in [6.45, 7) is 1.57. The minimum Gasteiger partial charge on any atom is -0.459 e. The summed E-state index contributed by atoms with van der Waals surface area (Å²) in [6, 6.07) is 34.0. The first-order valence-electron chi connectivity index (χ1n) is 14.0. The highest BCUT2D eigenvalue weighted by molar-refractivity contribution is 8.13. The predicted octanol–water partition coefficient (Wildman–Crippen LogP) is 5.85. The van der Waals surface area contributed by atoms with Crippen LogP contribution >= 0.6 is 11.8 Å². The van der Waals surface area contributed by atoms with Gasteiger partial charge < -0.3 is 15.4 Å². The van der Waals surface area contributed by atoms with Gasteiger partial charge in [0.05, 0.1) is 5.92 Å².